The van der Waals surface area contributed by atoms with E-state index in [9.17, 15) is 4.79 Å². The maximum Gasteiger partial charge on any atom is 0.234 e. The average molecular weight is 170 g/mol. The Bertz CT molecular complexity index is 164. The van der Waals surface area contributed by atoms with Crippen molar-refractivity contribution in [3.8, 4) is 0 Å². The zero-order valence-corrected chi connectivity index (χ0v) is 7.84. The van der Waals surface area contributed by atoms with E-state index >= 15 is 0 Å². The smallest absolute Gasteiger partial charge is 0.234 e. The van der Waals surface area contributed by atoms with Crippen molar-refractivity contribution in [2.75, 3.05) is 0 Å². The third-order valence-corrected chi connectivity index (χ3v) is 2.44. The predicted molar refractivity (Wildman–Crippen MR) is 48.6 cm³/mol. The summed E-state index contributed by atoms with van der Waals surface area (Å²) in [6, 6.07) is 0.238. The zero-order valence-electron chi connectivity index (χ0n) is 7.84. The second-order valence-corrected chi connectivity index (χ2v) is 3.89. The van der Waals surface area contributed by atoms with Crippen LogP contribution in [0.2, 0.25) is 0 Å². The molecule has 0 aromatic heterocycles. The first-order valence-electron chi connectivity index (χ1n) is 4.66. The van der Waals surface area contributed by atoms with Gasteiger partial charge in [0.2, 0.25) is 5.91 Å². The van der Waals surface area contributed by atoms with E-state index in [1.807, 2.05) is 13.8 Å². The van der Waals surface area contributed by atoms with Gasteiger partial charge in [-0.3, -0.25) is 4.79 Å². The molecule has 1 aliphatic carbocycles. The highest BCUT2D eigenvalue weighted by atomic mass is 16.1. The molecule has 1 amide bonds. The standard InChI is InChI=1S/C9H18N2O/c1-6(2)11-8(9(10)12)7-4-3-5-7/h6-8,11H,3-5H2,1-2H3,(H2,10,12)/t8-/m1/s1. The fourth-order valence-corrected chi connectivity index (χ4v) is 1.58. The Kier molecular flexibility index (Phi) is 3.09. The molecular formula is C9H18N2O. The van der Waals surface area contributed by atoms with Crippen molar-refractivity contribution in [3.63, 3.8) is 0 Å². The molecule has 1 atom stereocenters. The van der Waals surface area contributed by atoms with Gasteiger partial charge >= 0.3 is 0 Å². The zero-order chi connectivity index (χ0) is 9.14. The molecule has 0 heterocycles. The van der Waals surface area contributed by atoms with Gasteiger partial charge in [0.1, 0.15) is 0 Å². The highest BCUT2D eigenvalue weighted by Crippen LogP contribution is 2.29. The SMILES string of the molecule is CC(C)N[C@@H](C(N)=O)C1CCC1. The van der Waals surface area contributed by atoms with Gasteiger partial charge in [-0.05, 0) is 18.8 Å². The maximum atomic E-state index is 11.0. The molecule has 0 aliphatic heterocycles. The van der Waals surface area contributed by atoms with Gasteiger partial charge in [0.25, 0.3) is 0 Å². The Morgan fingerprint density at radius 1 is 1.50 bits per heavy atom. The normalized spacial score (nSPS) is 20.6. The molecule has 70 valence electrons. The minimum atomic E-state index is -0.201. The summed E-state index contributed by atoms with van der Waals surface area (Å²) in [6.45, 7) is 4.07. The molecule has 0 spiro atoms. The van der Waals surface area contributed by atoms with Crippen LogP contribution in [-0.2, 0) is 4.79 Å². The van der Waals surface area contributed by atoms with E-state index in [2.05, 4.69) is 5.32 Å². The van der Waals surface area contributed by atoms with E-state index in [1.165, 1.54) is 6.42 Å². The number of rotatable bonds is 4. The van der Waals surface area contributed by atoms with Crippen LogP contribution >= 0.6 is 0 Å². The van der Waals surface area contributed by atoms with E-state index in [4.69, 9.17) is 5.73 Å². The number of carbonyl (C=O) groups is 1. The van der Waals surface area contributed by atoms with Crippen LogP contribution in [0.5, 0.6) is 0 Å². The van der Waals surface area contributed by atoms with Crippen LogP contribution in [0.3, 0.4) is 0 Å². The van der Waals surface area contributed by atoms with Gasteiger partial charge in [0, 0.05) is 6.04 Å². The van der Waals surface area contributed by atoms with Crippen LogP contribution in [0.15, 0.2) is 0 Å². The molecule has 3 heteroatoms. The van der Waals surface area contributed by atoms with E-state index in [-0.39, 0.29) is 11.9 Å². The Morgan fingerprint density at radius 3 is 2.33 bits per heavy atom. The Labute approximate surface area is 73.7 Å². The van der Waals surface area contributed by atoms with Crippen molar-refractivity contribution >= 4 is 5.91 Å². The molecule has 1 saturated carbocycles. The number of hydrogen-bond donors (Lipinski definition) is 2. The minimum Gasteiger partial charge on any atom is -0.368 e. The maximum absolute atomic E-state index is 11.0. The van der Waals surface area contributed by atoms with Crippen LogP contribution < -0.4 is 11.1 Å². The van der Waals surface area contributed by atoms with Crippen LogP contribution in [0.25, 0.3) is 0 Å². The van der Waals surface area contributed by atoms with Gasteiger partial charge in [-0.15, -0.1) is 0 Å². The second kappa shape index (κ2) is 3.90. The van der Waals surface area contributed by atoms with Crippen molar-refractivity contribution in [2.24, 2.45) is 11.7 Å². The summed E-state index contributed by atoms with van der Waals surface area (Å²) in [5.41, 5.74) is 5.29. The number of nitrogens with two attached hydrogens (primary N) is 1. The third-order valence-electron chi connectivity index (χ3n) is 2.44. The van der Waals surface area contributed by atoms with Gasteiger partial charge in [-0.1, -0.05) is 20.3 Å². The van der Waals surface area contributed by atoms with Gasteiger partial charge < -0.3 is 11.1 Å². The molecule has 0 unspecified atom stereocenters. The topological polar surface area (TPSA) is 55.1 Å². The molecule has 1 rings (SSSR count). The minimum absolute atomic E-state index is 0.0984. The molecule has 3 nitrogen and oxygen atoms in total. The lowest BCUT2D eigenvalue weighted by Crippen LogP contribution is -2.51. The van der Waals surface area contributed by atoms with Gasteiger partial charge in [0.15, 0.2) is 0 Å². The van der Waals surface area contributed by atoms with Gasteiger partial charge in [-0.2, -0.15) is 0 Å². The molecule has 1 aliphatic rings. The average Bonchev–Trinajstić information content (AvgIpc) is 1.80. The molecule has 0 saturated heterocycles. The van der Waals surface area contributed by atoms with Crippen molar-refractivity contribution in [3.05, 3.63) is 0 Å². The largest absolute Gasteiger partial charge is 0.368 e. The van der Waals surface area contributed by atoms with E-state index < -0.39 is 0 Å². The molecule has 12 heavy (non-hydrogen) atoms. The monoisotopic (exact) mass is 170 g/mol. The summed E-state index contributed by atoms with van der Waals surface area (Å²) in [5, 5.41) is 3.21. The molecule has 3 N–H and O–H groups in total. The highest BCUT2D eigenvalue weighted by molar-refractivity contribution is 5.80. The third kappa shape index (κ3) is 2.21. The second-order valence-electron chi connectivity index (χ2n) is 3.89. The van der Waals surface area contributed by atoms with Crippen LogP contribution in [0.4, 0.5) is 0 Å². The molecular weight excluding hydrogens is 152 g/mol. The summed E-state index contributed by atoms with van der Waals surface area (Å²) < 4.78 is 0. The van der Waals surface area contributed by atoms with Crippen molar-refractivity contribution in [1.82, 2.24) is 5.32 Å². The summed E-state index contributed by atoms with van der Waals surface area (Å²) in [5.74, 6) is 0.290. The number of nitrogens with one attached hydrogen (secondary N) is 1. The first-order valence-corrected chi connectivity index (χ1v) is 4.66. The number of primary amides is 1. The molecule has 0 bridgehead atoms. The Balaban J connectivity index is 2.42. The Morgan fingerprint density at radius 2 is 2.08 bits per heavy atom. The van der Waals surface area contributed by atoms with Crippen molar-refractivity contribution in [2.45, 2.75) is 45.2 Å². The lowest BCUT2D eigenvalue weighted by atomic mass is 9.79. The number of carbonyl (C=O) groups excluding carboxylic acids is 1. The van der Waals surface area contributed by atoms with Gasteiger partial charge in [-0.25, -0.2) is 0 Å². The van der Waals surface area contributed by atoms with Crippen molar-refractivity contribution < 1.29 is 4.79 Å². The fourth-order valence-electron chi connectivity index (χ4n) is 1.58. The highest BCUT2D eigenvalue weighted by Gasteiger charge is 2.31. The first kappa shape index (κ1) is 9.52. The van der Waals surface area contributed by atoms with Crippen LogP contribution in [-0.4, -0.2) is 18.0 Å². The van der Waals surface area contributed by atoms with E-state index in [1.54, 1.807) is 0 Å². The lowest BCUT2D eigenvalue weighted by molar-refractivity contribution is -0.122. The number of amides is 1. The summed E-state index contributed by atoms with van der Waals surface area (Å²) in [4.78, 5) is 11.0. The summed E-state index contributed by atoms with van der Waals surface area (Å²) in [7, 11) is 0. The Hall–Kier alpha value is -0.570. The summed E-state index contributed by atoms with van der Waals surface area (Å²) in [6.07, 6.45) is 3.54. The fraction of sp³-hybridized carbons (Fsp3) is 0.889. The first-order chi connectivity index (χ1) is 5.61. The lowest BCUT2D eigenvalue weighted by Gasteiger charge is -2.33. The molecule has 0 aromatic rings. The van der Waals surface area contributed by atoms with Crippen LogP contribution in [0, 0.1) is 5.92 Å². The number of hydrogen-bond acceptors (Lipinski definition) is 2. The van der Waals surface area contributed by atoms with Gasteiger partial charge in [0.05, 0.1) is 6.04 Å². The van der Waals surface area contributed by atoms with Crippen molar-refractivity contribution in [1.29, 1.82) is 0 Å². The molecule has 0 radical (unpaired) electrons. The van der Waals surface area contributed by atoms with E-state index in [0.717, 1.165) is 12.8 Å². The predicted octanol–water partition coefficient (Wildman–Crippen LogP) is 0.638. The summed E-state index contributed by atoms with van der Waals surface area (Å²) >= 11 is 0. The van der Waals surface area contributed by atoms with Crippen LogP contribution in [0.1, 0.15) is 33.1 Å². The quantitative estimate of drug-likeness (QED) is 0.650. The van der Waals surface area contributed by atoms with E-state index in [0.29, 0.717) is 12.0 Å². The molecule has 0 aromatic carbocycles. The molecule has 1 fully saturated rings.